The van der Waals surface area contributed by atoms with E-state index in [4.69, 9.17) is 0 Å². The summed E-state index contributed by atoms with van der Waals surface area (Å²) in [4.78, 5) is 11.3. The maximum Gasteiger partial charge on any atom is 0.310 e. The van der Waals surface area contributed by atoms with E-state index < -0.39 is 24.2 Å². The number of alkyl halides is 2. The lowest BCUT2D eigenvalue weighted by Gasteiger charge is -2.20. The van der Waals surface area contributed by atoms with E-state index in [0.29, 0.717) is 12.8 Å². The molecule has 0 saturated heterocycles. The highest BCUT2D eigenvalue weighted by Crippen LogP contribution is 2.37. The van der Waals surface area contributed by atoms with Gasteiger partial charge in [-0.1, -0.05) is 18.2 Å². The van der Waals surface area contributed by atoms with Crippen LogP contribution in [0, 0.1) is 11.8 Å². The average molecular weight is 288 g/mol. The fraction of sp³-hybridized carbons (Fsp3) is 0.643. The fourth-order valence-corrected chi connectivity index (χ4v) is 3.01. The average Bonchev–Trinajstić information content (AvgIpc) is 2.67. The van der Waals surface area contributed by atoms with Crippen LogP contribution < -0.4 is 0 Å². The Morgan fingerprint density at radius 1 is 1.42 bits per heavy atom. The normalized spacial score (nSPS) is 36.1. The highest BCUT2D eigenvalue weighted by molar-refractivity contribution is 7.81. The minimum Gasteiger partial charge on any atom is -0.481 e. The van der Waals surface area contributed by atoms with Crippen molar-refractivity contribution in [3.8, 4) is 0 Å². The van der Waals surface area contributed by atoms with E-state index in [0.717, 1.165) is 5.57 Å². The molecule has 1 saturated carbocycles. The number of carboxylic acid groups (broad SMARTS) is 1. The molecule has 2 rings (SSSR count). The second-order valence-electron chi connectivity index (χ2n) is 5.36. The summed E-state index contributed by atoms with van der Waals surface area (Å²) in [5, 5.41) is 9.42. The molecule has 0 aliphatic heterocycles. The molecule has 2 nitrogen and oxygen atoms in total. The number of carbonyl (C=O) groups is 1. The van der Waals surface area contributed by atoms with Crippen LogP contribution in [-0.2, 0) is 4.79 Å². The highest BCUT2D eigenvalue weighted by atomic mass is 32.1. The molecule has 5 atom stereocenters. The topological polar surface area (TPSA) is 37.3 Å². The van der Waals surface area contributed by atoms with Crippen LogP contribution in [0.15, 0.2) is 23.8 Å². The van der Waals surface area contributed by atoms with Crippen LogP contribution >= 0.6 is 12.6 Å². The number of aliphatic carboxylic acids is 1. The van der Waals surface area contributed by atoms with E-state index in [-0.39, 0.29) is 24.0 Å². The van der Waals surface area contributed by atoms with Gasteiger partial charge in [-0.05, 0) is 37.2 Å². The molecule has 0 heterocycles. The van der Waals surface area contributed by atoms with E-state index in [1.807, 2.05) is 12.2 Å². The molecule has 0 aromatic carbocycles. The van der Waals surface area contributed by atoms with E-state index in [9.17, 15) is 18.7 Å². The first-order valence-corrected chi connectivity index (χ1v) is 7.06. The predicted molar refractivity (Wildman–Crippen MR) is 72.9 cm³/mol. The van der Waals surface area contributed by atoms with E-state index in [2.05, 4.69) is 12.6 Å². The number of hydrogen-bond acceptors (Lipinski definition) is 2. The van der Waals surface area contributed by atoms with Crippen molar-refractivity contribution in [3.05, 3.63) is 23.8 Å². The molecule has 0 bridgehead atoms. The van der Waals surface area contributed by atoms with E-state index in [1.165, 1.54) is 0 Å². The van der Waals surface area contributed by atoms with Gasteiger partial charge in [0.25, 0.3) is 0 Å². The zero-order chi connectivity index (χ0) is 14.0. The van der Waals surface area contributed by atoms with Crippen LogP contribution in [0.2, 0.25) is 0 Å². The molecule has 5 heteroatoms. The number of rotatable bonds is 4. The molecule has 3 unspecified atom stereocenters. The Morgan fingerprint density at radius 2 is 2.05 bits per heavy atom. The first-order valence-electron chi connectivity index (χ1n) is 6.54. The van der Waals surface area contributed by atoms with Crippen molar-refractivity contribution in [2.75, 3.05) is 0 Å². The van der Waals surface area contributed by atoms with E-state index >= 15 is 0 Å². The highest BCUT2D eigenvalue weighted by Gasteiger charge is 2.37. The summed E-state index contributed by atoms with van der Waals surface area (Å²) in [5.74, 6) is -1.78. The third-order valence-electron chi connectivity index (χ3n) is 3.88. The standard InChI is InChI=1S/C14H18F2O2S/c15-12-6-8(7-13(12)16)5-11(14(17)18)9-1-3-10(19)4-2-9/h1-3,8,10-13,19H,4-7H2,(H,17,18)/t8?,10?,11?,12-,13+. The molecular weight excluding hydrogens is 270 g/mol. The Hall–Kier alpha value is -0.840. The molecule has 0 aromatic heterocycles. The Kier molecular flexibility index (Phi) is 4.66. The van der Waals surface area contributed by atoms with Gasteiger partial charge in [0.15, 0.2) is 0 Å². The van der Waals surface area contributed by atoms with Crippen molar-refractivity contribution in [2.24, 2.45) is 11.8 Å². The maximum absolute atomic E-state index is 13.2. The van der Waals surface area contributed by atoms with Gasteiger partial charge in [-0.15, -0.1) is 0 Å². The van der Waals surface area contributed by atoms with E-state index in [1.54, 1.807) is 6.08 Å². The molecule has 19 heavy (non-hydrogen) atoms. The molecule has 0 amide bonds. The van der Waals surface area contributed by atoms with Gasteiger partial charge in [0.05, 0.1) is 5.92 Å². The number of hydrogen-bond donors (Lipinski definition) is 2. The summed E-state index contributed by atoms with van der Waals surface area (Å²) in [6.07, 6.45) is 3.91. The molecule has 2 aliphatic carbocycles. The van der Waals surface area contributed by atoms with Crippen LogP contribution in [0.1, 0.15) is 25.7 Å². The number of thiol groups is 1. The van der Waals surface area contributed by atoms with Crippen LogP contribution in [0.25, 0.3) is 0 Å². The zero-order valence-electron chi connectivity index (χ0n) is 10.5. The minimum absolute atomic E-state index is 0.120. The summed E-state index contributed by atoms with van der Waals surface area (Å²) >= 11 is 4.28. The van der Waals surface area contributed by atoms with Crippen molar-refractivity contribution < 1.29 is 18.7 Å². The molecule has 0 aromatic rings. The quantitative estimate of drug-likeness (QED) is 0.778. The minimum atomic E-state index is -1.43. The molecule has 106 valence electrons. The Morgan fingerprint density at radius 3 is 2.53 bits per heavy atom. The largest absolute Gasteiger partial charge is 0.481 e. The first-order chi connectivity index (χ1) is 8.97. The Labute approximate surface area is 117 Å². The van der Waals surface area contributed by atoms with Gasteiger partial charge in [0, 0.05) is 5.25 Å². The fourth-order valence-electron chi connectivity index (χ4n) is 2.82. The molecule has 1 fully saturated rings. The third kappa shape index (κ3) is 3.59. The molecular formula is C14H18F2O2S. The van der Waals surface area contributed by atoms with Gasteiger partial charge in [-0.25, -0.2) is 8.78 Å². The number of carboxylic acids is 1. The smallest absolute Gasteiger partial charge is 0.310 e. The van der Waals surface area contributed by atoms with Gasteiger partial charge >= 0.3 is 5.97 Å². The lowest BCUT2D eigenvalue weighted by molar-refractivity contribution is -0.140. The second-order valence-corrected chi connectivity index (χ2v) is 6.03. The van der Waals surface area contributed by atoms with Crippen molar-refractivity contribution in [1.29, 1.82) is 0 Å². The number of halogens is 2. The zero-order valence-corrected chi connectivity index (χ0v) is 11.4. The summed E-state index contributed by atoms with van der Waals surface area (Å²) in [7, 11) is 0. The van der Waals surface area contributed by atoms with Crippen molar-refractivity contribution in [2.45, 2.75) is 43.3 Å². The van der Waals surface area contributed by atoms with Crippen LogP contribution in [0.5, 0.6) is 0 Å². The lowest BCUT2D eigenvalue weighted by Crippen LogP contribution is -2.20. The first kappa shape index (κ1) is 14.6. The monoisotopic (exact) mass is 288 g/mol. The van der Waals surface area contributed by atoms with Gasteiger partial charge in [0.2, 0.25) is 0 Å². The van der Waals surface area contributed by atoms with Crippen LogP contribution in [0.4, 0.5) is 8.78 Å². The molecule has 2 aliphatic rings. The lowest BCUT2D eigenvalue weighted by atomic mass is 9.85. The summed E-state index contributed by atoms with van der Waals surface area (Å²) in [6.45, 7) is 0. The van der Waals surface area contributed by atoms with Gasteiger partial charge in [0.1, 0.15) is 12.3 Å². The Balaban J connectivity index is 2.02. The van der Waals surface area contributed by atoms with Gasteiger partial charge < -0.3 is 5.11 Å². The predicted octanol–water partition coefficient (Wildman–Crippen LogP) is 3.35. The van der Waals surface area contributed by atoms with Crippen molar-refractivity contribution in [1.82, 2.24) is 0 Å². The van der Waals surface area contributed by atoms with Gasteiger partial charge in [-0.3, -0.25) is 4.79 Å². The SMILES string of the molecule is O=C(O)C(CC1C[C@@H](F)[C@@H](F)C1)C1=CCC(S)C=C1. The van der Waals surface area contributed by atoms with Crippen molar-refractivity contribution >= 4 is 18.6 Å². The molecule has 0 spiro atoms. The number of allylic oxidation sites excluding steroid dienone is 2. The maximum atomic E-state index is 13.2. The molecule has 0 radical (unpaired) electrons. The van der Waals surface area contributed by atoms with Crippen LogP contribution in [-0.4, -0.2) is 28.7 Å². The molecule has 1 N–H and O–H groups in total. The van der Waals surface area contributed by atoms with Crippen LogP contribution in [0.3, 0.4) is 0 Å². The summed E-state index contributed by atoms with van der Waals surface area (Å²) < 4.78 is 26.3. The Bertz CT molecular complexity index is 398. The second kappa shape index (κ2) is 6.07. The summed E-state index contributed by atoms with van der Waals surface area (Å²) in [5.41, 5.74) is 0.732. The van der Waals surface area contributed by atoms with Crippen molar-refractivity contribution in [3.63, 3.8) is 0 Å². The van der Waals surface area contributed by atoms with Gasteiger partial charge in [-0.2, -0.15) is 12.6 Å². The third-order valence-corrected chi connectivity index (χ3v) is 4.27. The summed E-state index contributed by atoms with van der Waals surface area (Å²) in [6, 6.07) is 0.